The van der Waals surface area contributed by atoms with Gasteiger partial charge in [0.1, 0.15) is 0 Å². The van der Waals surface area contributed by atoms with Crippen LogP contribution in [0.2, 0.25) is 0 Å². The predicted molar refractivity (Wildman–Crippen MR) is 54.1 cm³/mol. The number of aryl methyl sites for hydroxylation is 2. The van der Waals surface area contributed by atoms with E-state index in [9.17, 15) is 9.90 Å². The molecule has 0 fully saturated rings. The molecule has 0 unspecified atom stereocenters. The highest BCUT2D eigenvalue weighted by molar-refractivity contribution is 5.87. The summed E-state index contributed by atoms with van der Waals surface area (Å²) in [6.07, 6.45) is 2.91. The molecule has 0 atom stereocenters. The summed E-state index contributed by atoms with van der Waals surface area (Å²) in [6.45, 7) is 4.06. The minimum atomic E-state index is -1.07. The van der Waals surface area contributed by atoms with Gasteiger partial charge in [-0.25, -0.2) is 0 Å². The molecule has 0 aromatic heterocycles. The van der Waals surface area contributed by atoms with Crippen molar-refractivity contribution in [2.24, 2.45) is 0 Å². The molecular weight excluding hydrogens is 176 g/mol. The van der Waals surface area contributed by atoms with Crippen molar-refractivity contribution >= 4 is 5.97 Å². The maximum Gasteiger partial charge on any atom is 0.0718 e. The van der Waals surface area contributed by atoms with Crippen LogP contribution in [0.4, 0.5) is 0 Å². The van der Waals surface area contributed by atoms with E-state index >= 15 is 0 Å². The van der Waals surface area contributed by atoms with Gasteiger partial charge < -0.3 is 9.90 Å². The number of aromatic carboxylic acids is 1. The zero-order valence-corrected chi connectivity index (χ0v) is 8.67. The molecule has 0 bridgehead atoms. The standard InChI is InChI=1S/C12H16O2/c1-3-4-5-10-8-9(2)6-7-11(10)12(13)14/h6-8H,3-5H2,1-2H3,(H,13,14)/p-1. The summed E-state index contributed by atoms with van der Waals surface area (Å²) in [6, 6.07) is 5.37. The Hall–Kier alpha value is -1.31. The fraction of sp³-hybridized carbons (Fsp3) is 0.417. The largest absolute Gasteiger partial charge is 0.545 e. The molecule has 0 spiro atoms. The SMILES string of the molecule is CCCCc1cc(C)ccc1C(=O)[O-]. The Labute approximate surface area is 84.6 Å². The minimum absolute atomic E-state index is 0.337. The first-order valence-electron chi connectivity index (χ1n) is 4.96. The number of hydrogen-bond acceptors (Lipinski definition) is 2. The minimum Gasteiger partial charge on any atom is -0.545 e. The number of carboxylic acid groups (broad SMARTS) is 1. The van der Waals surface area contributed by atoms with Gasteiger partial charge in [-0.2, -0.15) is 0 Å². The average molecular weight is 191 g/mol. The van der Waals surface area contributed by atoms with E-state index in [1.54, 1.807) is 12.1 Å². The molecule has 1 rings (SSSR count). The first kappa shape index (κ1) is 10.8. The summed E-state index contributed by atoms with van der Waals surface area (Å²) >= 11 is 0. The molecule has 14 heavy (non-hydrogen) atoms. The van der Waals surface area contributed by atoms with Crippen molar-refractivity contribution in [2.45, 2.75) is 33.1 Å². The van der Waals surface area contributed by atoms with Gasteiger partial charge >= 0.3 is 0 Å². The maximum atomic E-state index is 10.8. The van der Waals surface area contributed by atoms with Crippen molar-refractivity contribution in [1.82, 2.24) is 0 Å². The third-order valence-electron chi connectivity index (χ3n) is 2.28. The second-order valence-corrected chi connectivity index (χ2v) is 3.55. The van der Waals surface area contributed by atoms with Crippen molar-refractivity contribution in [2.75, 3.05) is 0 Å². The van der Waals surface area contributed by atoms with Crippen LogP contribution >= 0.6 is 0 Å². The number of benzene rings is 1. The van der Waals surface area contributed by atoms with Crippen LogP contribution in [0.15, 0.2) is 18.2 Å². The molecule has 0 saturated carbocycles. The summed E-state index contributed by atoms with van der Waals surface area (Å²) in [7, 11) is 0. The van der Waals surface area contributed by atoms with Crippen LogP contribution in [-0.2, 0) is 6.42 Å². The van der Waals surface area contributed by atoms with Crippen molar-refractivity contribution in [1.29, 1.82) is 0 Å². The van der Waals surface area contributed by atoms with E-state index in [4.69, 9.17) is 0 Å². The fourth-order valence-electron chi connectivity index (χ4n) is 1.50. The molecule has 0 aliphatic carbocycles. The highest BCUT2D eigenvalue weighted by atomic mass is 16.4. The average Bonchev–Trinajstić information content (AvgIpc) is 2.14. The molecule has 2 heteroatoms. The summed E-state index contributed by atoms with van der Waals surface area (Å²) in [4.78, 5) is 10.8. The van der Waals surface area contributed by atoms with E-state index in [-0.39, 0.29) is 0 Å². The van der Waals surface area contributed by atoms with Gasteiger partial charge in [-0.1, -0.05) is 37.1 Å². The lowest BCUT2D eigenvalue weighted by molar-refractivity contribution is -0.255. The van der Waals surface area contributed by atoms with E-state index < -0.39 is 5.97 Å². The molecule has 0 saturated heterocycles. The lowest BCUT2D eigenvalue weighted by Crippen LogP contribution is -2.23. The lowest BCUT2D eigenvalue weighted by atomic mass is 10.00. The summed E-state index contributed by atoms with van der Waals surface area (Å²) in [5, 5.41) is 10.8. The van der Waals surface area contributed by atoms with Gasteiger partial charge in [0.2, 0.25) is 0 Å². The van der Waals surface area contributed by atoms with E-state index in [0.717, 1.165) is 30.4 Å². The van der Waals surface area contributed by atoms with Gasteiger partial charge in [0, 0.05) is 5.56 Å². The first-order valence-corrected chi connectivity index (χ1v) is 4.96. The van der Waals surface area contributed by atoms with Crippen molar-refractivity contribution < 1.29 is 9.90 Å². The van der Waals surface area contributed by atoms with Gasteiger partial charge in [-0.3, -0.25) is 0 Å². The Bertz CT molecular complexity index is 329. The zero-order chi connectivity index (χ0) is 10.6. The Balaban J connectivity index is 2.97. The molecule has 76 valence electrons. The molecule has 0 aliphatic heterocycles. The zero-order valence-electron chi connectivity index (χ0n) is 8.67. The molecule has 0 aliphatic rings. The third kappa shape index (κ3) is 2.59. The van der Waals surface area contributed by atoms with Gasteiger partial charge in [-0.15, -0.1) is 0 Å². The van der Waals surface area contributed by atoms with Crippen LogP contribution < -0.4 is 5.11 Å². The first-order chi connectivity index (χ1) is 6.65. The normalized spacial score (nSPS) is 10.1. The molecule has 1 aromatic carbocycles. The summed E-state index contributed by atoms with van der Waals surface area (Å²) in [5.74, 6) is -1.07. The second kappa shape index (κ2) is 4.80. The lowest BCUT2D eigenvalue weighted by Gasteiger charge is -2.10. The molecule has 2 nitrogen and oxygen atoms in total. The molecule has 1 aromatic rings. The quantitative estimate of drug-likeness (QED) is 0.726. The maximum absolute atomic E-state index is 10.8. The number of carbonyl (C=O) groups excluding carboxylic acids is 1. The van der Waals surface area contributed by atoms with Gasteiger partial charge in [-0.05, 0) is 25.3 Å². The van der Waals surface area contributed by atoms with E-state index in [1.807, 2.05) is 13.0 Å². The number of hydrogen-bond donors (Lipinski definition) is 0. The fourth-order valence-corrected chi connectivity index (χ4v) is 1.50. The van der Waals surface area contributed by atoms with E-state index in [1.165, 1.54) is 0 Å². The predicted octanol–water partition coefficient (Wildman–Crippen LogP) is 1.70. The smallest absolute Gasteiger partial charge is 0.0718 e. The highest BCUT2D eigenvalue weighted by Gasteiger charge is 2.02. The van der Waals surface area contributed by atoms with Gasteiger partial charge in [0.25, 0.3) is 0 Å². The van der Waals surface area contributed by atoms with E-state index in [0.29, 0.717) is 5.56 Å². The molecule has 0 heterocycles. The second-order valence-electron chi connectivity index (χ2n) is 3.55. The van der Waals surface area contributed by atoms with Crippen molar-refractivity contribution in [3.05, 3.63) is 34.9 Å². The van der Waals surface area contributed by atoms with Gasteiger partial charge in [0.15, 0.2) is 0 Å². The van der Waals surface area contributed by atoms with Crippen LogP contribution in [0.5, 0.6) is 0 Å². The van der Waals surface area contributed by atoms with Crippen molar-refractivity contribution in [3.8, 4) is 0 Å². The highest BCUT2D eigenvalue weighted by Crippen LogP contribution is 2.13. The third-order valence-corrected chi connectivity index (χ3v) is 2.28. The van der Waals surface area contributed by atoms with Crippen LogP contribution in [-0.4, -0.2) is 5.97 Å². The molecule has 0 radical (unpaired) electrons. The van der Waals surface area contributed by atoms with E-state index in [2.05, 4.69) is 6.92 Å². The number of rotatable bonds is 4. The summed E-state index contributed by atoms with van der Waals surface area (Å²) in [5.41, 5.74) is 2.33. The number of carbonyl (C=O) groups is 1. The van der Waals surface area contributed by atoms with Crippen molar-refractivity contribution in [3.63, 3.8) is 0 Å². The number of unbranched alkanes of at least 4 members (excludes halogenated alkanes) is 1. The Morgan fingerprint density at radius 3 is 2.71 bits per heavy atom. The van der Waals surface area contributed by atoms with Crippen LogP contribution in [0.1, 0.15) is 41.3 Å². The number of carboxylic acids is 1. The Morgan fingerprint density at radius 2 is 2.14 bits per heavy atom. The van der Waals surface area contributed by atoms with Crippen LogP contribution in [0.25, 0.3) is 0 Å². The Morgan fingerprint density at radius 1 is 1.43 bits per heavy atom. The van der Waals surface area contributed by atoms with Gasteiger partial charge in [0.05, 0.1) is 5.97 Å². The van der Waals surface area contributed by atoms with Crippen LogP contribution in [0.3, 0.4) is 0 Å². The molecular formula is C12H15O2-. The summed E-state index contributed by atoms with van der Waals surface area (Å²) < 4.78 is 0. The Kier molecular flexibility index (Phi) is 3.69. The molecule has 0 N–H and O–H groups in total. The topological polar surface area (TPSA) is 40.1 Å². The monoisotopic (exact) mass is 191 g/mol. The van der Waals surface area contributed by atoms with Crippen LogP contribution in [0, 0.1) is 6.92 Å². The molecule has 0 amide bonds.